The van der Waals surface area contributed by atoms with E-state index in [4.69, 9.17) is 32.5 Å². The minimum atomic E-state index is -0.762. The largest absolute Gasteiger partial charge is 0.752 e. The SMILES string of the molecule is CC(C)(C)Oc1c(N)cc(Nc2cc(N)c(ON([O-])C(C)(C)C)c(N)c2)cc1N. The van der Waals surface area contributed by atoms with E-state index in [2.05, 4.69) is 5.32 Å². The Hall–Kier alpha value is -3.04. The highest BCUT2D eigenvalue weighted by Gasteiger charge is 2.19. The maximum atomic E-state index is 12.0. The van der Waals surface area contributed by atoms with Gasteiger partial charge in [-0.1, -0.05) is 0 Å². The van der Waals surface area contributed by atoms with E-state index < -0.39 is 11.1 Å². The van der Waals surface area contributed by atoms with E-state index in [1.807, 2.05) is 20.8 Å². The van der Waals surface area contributed by atoms with Gasteiger partial charge in [-0.2, -0.15) is 0 Å². The zero-order valence-electron chi connectivity index (χ0n) is 17.8. The normalized spacial score (nSPS) is 12.1. The van der Waals surface area contributed by atoms with Gasteiger partial charge >= 0.3 is 0 Å². The molecule has 0 atom stereocenters. The minimum absolute atomic E-state index is 0.105. The van der Waals surface area contributed by atoms with E-state index >= 15 is 0 Å². The lowest BCUT2D eigenvalue weighted by Gasteiger charge is -2.39. The van der Waals surface area contributed by atoms with Crippen molar-refractivity contribution in [3.63, 3.8) is 0 Å². The first-order valence-electron chi connectivity index (χ1n) is 9.17. The van der Waals surface area contributed by atoms with E-state index in [-0.39, 0.29) is 17.1 Å². The molecule has 9 nitrogen and oxygen atoms in total. The van der Waals surface area contributed by atoms with Crippen molar-refractivity contribution in [1.29, 1.82) is 0 Å². The van der Waals surface area contributed by atoms with Gasteiger partial charge in [-0.15, -0.1) is 0 Å². The molecule has 2 rings (SSSR count). The minimum Gasteiger partial charge on any atom is -0.752 e. The topological polar surface area (TPSA) is 161 Å². The monoisotopic (exact) mass is 403 g/mol. The molecule has 0 amide bonds. The van der Waals surface area contributed by atoms with Crippen molar-refractivity contribution in [2.75, 3.05) is 28.3 Å². The summed E-state index contributed by atoms with van der Waals surface area (Å²) < 4.78 is 5.82. The lowest BCUT2D eigenvalue weighted by molar-refractivity contribution is -0.0778. The lowest BCUT2D eigenvalue weighted by Crippen LogP contribution is -2.39. The van der Waals surface area contributed by atoms with Crippen LogP contribution in [-0.4, -0.2) is 16.4 Å². The Bertz CT molecular complexity index is 841. The number of nitrogens with two attached hydrogens (primary N) is 4. The molecule has 2 aromatic carbocycles. The molecule has 0 fully saturated rings. The summed E-state index contributed by atoms with van der Waals surface area (Å²) in [5, 5.41) is 15.6. The Morgan fingerprint density at radius 3 is 1.48 bits per heavy atom. The van der Waals surface area contributed by atoms with Gasteiger partial charge in [0.2, 0.25) is 0 Å². The number of rotatable bonds is 5. The second kappa shape index (κ2) is 7.76. The van der Waals surface area contributed by atoms with Gasteiger partial charge in [-0.05, 0) is 65.8 Å². The third-order valence-corrected chi connectivity index (χ3v) is 3.71. The number of nitrogens with zero attached hydrogens (tertiary/aromatic N) is 1. The summed E-state index contributed by atoms with van der Waals surface area (Å²) >= 11 is 0. The Morgan fingerprint density at radius 2 is 1.14 bits per heavy atom. The summed E-state index contributed by atoms with van der Waals surface area (Å²) in [4.78, 5) is 5.29. The number of anilines is 6. The zero-order chi connectivity index (χ0) is 22.1. The number of hydrogen-bond donors (Lipinski definition) is 5. The highest BCUT2D eigenvalue weighted by atomic mass is 16.9. The molecule has 0 aromatic heterocycles. The van der Waals surface area contributed by atoms with Gasteiger partial charge in [-0.3, -0.25) is 0 Å². The molecule has 0 saturated carbocycles. The molecule has 0 unspecified atom stereocenters. The van der Waals surface area contributed by atoms with Crippen LogP contribution in [0.4, 0.5) is 34.1 Å². The number of nitrogens with one attached hydrogen (secondary N) is 1. The summed E-state index contributed by atoms with van der Waals surface area (Å²) in [5.74, 6) is 0.539. The molecule has 160 valence electrons. The second-order valence-electron chi connectivity index (χ2n) is 8.83. The van der Waals surface area contributed by atoms with Crippen LogP contribution in [0.1, 0.15) is 41.5 Å². The molecule has 0 spiro atoms. The summed E-state index contributed by atoms with van der Waals surface area (Å²) in [7, 11) is 0. The predicted octanol–water partition coefficient (Wildman–Crippen LogP) is 3.83. The summed E-state index contributed by atoms with van der Waals surface area (Å²) in [6, 6.07) is 6.61. The lowest BCUT2D eigenvalue weighted by atomic mass is 10.1. The third kappa shape index (κ3) is 5.72. The van der Waals surface area contributed by atoms with E-state index in [0.717, 1.165) is 0 Å². The molecule has 9 heteroatoms. The predicted molar refractivity (Wildman–Crippen MR) is 120 cm³/mol. The van der Waals surface area contributed by atoms with Crippen molar-refractivity contribution in [3.05, 3.63) is 29.5 Å². The summed E-state index contributed by atoms with van der Waals surface area (Å²) in [6.07, 6.45) is 0. The van der Waals surface area contributed by atoms with Crippen LogP contribution in [0.3, 0.4) is 0 Å². The standard InChI is InChI=1S/C20H31N6O3/c1-19(2,3)26(27)29-18-15(23)9-12(10-16(18)24)25-11-7-13(21)17(14(22)8-11)28-20(4,5)6/h7-10,25H,21-24H2,1-6H3/q-1. The van der Waals surface area contributed by atoms with Crippen molar-refractivity contribution >= 4 is 34.1 Å². The fourth-order valence-corrected chi connectivity index (χ4v) is 2.41. The Labute approximate surface area is 171 Å². The average molecular weight is 404 g/mol. The molecule has 2 aromatic rings. The number of ether oxygens (including phenoxy) is 1. The summed E-state index contributed by atoms with van der Waals surface area (Å²) in [5.41, 5.74) is 25.5. The van der Waals surface area contributed by atoms with Crippen molar-refractivity contribution in [2.45, 2.75) is 52.7 Å². The van der Waals surface area contributed by atoms with Crippen LogP contribution in [0, 0.1) is 5.21 Å². The molecular formula is C20H31N6O3-. The Kier molecular flexibility index (Phi) is 5.96. The fourth-order valence-electron chi connectivity index (χ4n) is 2.41. The molecule has 29 heavy (non-hydrogen) atoms. The molecule has 0 bridgehead atoms. The van der Waals surface area contributed by atoms with Crippen LogP contribution in [0.25, 0.3) is 0 Å². The molecule has 0 aliphatic heterocycles. The van der Waals surface area contributed by atoms with Crippen molar-refractivity contribution in [1.82, 2.24) is 5.23 Å². The van der Waals surface area contributed by atoms with E-state index in [1.165, 1.54) is 0 Å². The number of hydrogen-bond acceptors (Lipinski definition) is 9. The second-order valence-corrected chi connectivity index (χ2v) is 8.83. The fraction of sp³-hybridized carbons (Fsp3) is 0.400. The molecule has 0 aliphatic rings. The quantitative estimate of drug-likeness (QED) is 0.369. The van der Waals surface area contributed by atoms with Gasteiger partial charge in [0, 0.05) is 16.9 Å². The molecule has 0 radical (unpaired) electrons. The highest BCUT2D eigenvalue weighted by molar-refractivity contribution is 5.80. The Balaban J connectivity index is 2.27. The number of benzene rings is 2. The first kappa shape index (κ1) is 22.3. The number of nitrogen functional groups attached to an aromatic ring is 4. The van der Waals surface area contributed by atoms with E-state index in [1.54, 1.807) is 45.0 Å². The van der Waals surface area contributed by atoms with E-state index in [9.17, 15) is 5.21 Å². The van der Waals surface area contributed by atoms with Gasteiger partial charge in [0.1, 0.15) is 5.60 Å². The van der Waals surface area contributed by atoms with Crippen LogP contribution in [0.5, 0.6) is 11.5 Å². The number of hydroxylamine groups is 2. The summed E-state index contributed by atoms with van der Waals surface area (Å²) in [6.45, 7) is 10.9. The first-order chi connectivity index (χ1) is 13.2. The van der Waals surface area contributed by atoms with Gasteiger partial charge < -0.3 is 43.0 Å². The van der Waals surface area contributed by atoms with Crippen LogP contribution in [0.15, 0.2) is 24.3 Å². The maximum absolute atomic E-state index is 12.0. The maximum Gasteiger partial charge on any atom is 0.191 e. The van der Waals surface area contributed by atoms with Crippen LogP contribution in [0.2, 0.25) is 0 Å². The van der Waals surface area contributed by atoms with Crippen molar-refractivity contribution in [3.8, 4) is 11.5 Å². The third-order valence-electron chi connectivity index (χ3n) is 3.71. The molecular weight excluding hydrogens is 372 g/mol. The van der Waals surface area contributed by atoms with Crippen molar-refractivity contribution < 1.29 is 9.57 Å². The van der Waals surface area contributed by atoms with Crippen LogP contribution in [-0.2, 0) is 0 Å². The molecule has 9 N–H and O–H groups in total. The first-order valence-corrected chi connectivity index (χ1v) is 9.17. The van der Waals surface area contributed by atoms with Crippen molar-refractivity contribution in [2.24, 2.45) is 0 Å². The smallest absolute Gasteiger partial charge is 0.191 e. The zero-order valence-corrected chi connectivity index (χ0v) is 17.8. The Morgan fingerprint density at radius 1 is 0.759 bits per heavy atom. The van der Waals surface area contributed by atoms with Gasteiger partial charge in [0.05, 0.1) is 22.7 Å². The molecule has 0 aliphatic carbocycles. The average Bonchev–Trinajstić information content (AvgIpc) is 2.52. The van der Waals surface area contributed by atoms with E-state index in [0.29, 0.717) is 33.7 Å². The van der Waals surface area contributed by atoms with Crippen LogP contribution >= 0.6 is 0 Å². The van der Waals surface area contributed by atoms with Gasteiger partial charge in [0.25, 0.3) is 0 Å². The molecule has 0 heterocycles. The highest BCUT2D eigenvalue weighted by Crippen LogP contribution is 2.38. The molecule has 0 saturated heterocycles. The van der Waals surface area contributed by atoms with Crippen LogP contribution < -0.4 is 37.8 Å². The van der Waals surface area contributed by atoms with Gasteiger partial charge in [0.15, 0.2) is 11.5 Å². The van der Waals surface area contributed by atoms with Gasteiger partial charge in [-0.25, -0.2) is 5.23 Å².